The van der Waals surface area contributed by atoms with E-state index in [0.717, 1.165) is 0 Å². The average Bonchev–Trinajstić information content (AvgIpc) is 2.54. The van der Waals surface area contributed by atoms with Crippen LogP contribution in [0.25, 0.3) is 0 Å². The molecule has 0 aromatic carbocycles. The van der Waals surface area contributed by atoms with Gasteiger partial charge >= 0.3 is 17.9 Å². The molecule has 25 heavy (non-hydrogen) atoms. The first-order valence-corrected chi connectivity index (χ1v) is 8.80. The molecule has 0 saturated carbocycles. The van der Waals surface area contributed by atoms with Gasteiger partial charge in [-0.2, -0.15) is 0 Å². The normalized spacial score (nSPS) is 25.9. The minimum atomic E-state index is -1.46. The average molecular weight is 360 g/mol. The molecular formula is C17H28O8. The van der Waals surface area contributed by atoms with Gasteiger partial charge in [0.2, 0.25) is 0 Å². The number of hydrogen-bond donors (Lipinski definition) is 1. The lowest BCUT2D eigenvalue weighted by Gasteiger charge is -2.38. The van der Waals surface area contributed by atoms with E-state index in [1.165, 1.54) is 0 Å². The third-order valence-corrected chi connectivity index (χ3v) is 3.58. The fourth-order valence-corrected chi connectivity index (χ4v) is 2.39. The molecule has 1 aliphatic rings. The zero-order valence-electron chi connectivity index (χ0n) is 15.1. The van der Waals surface area contributed by atoms with Crippen molar-refractivity contribution in [1.82, 2.24) is 0 Å². The molecule has 1 heterocycles. The highest BCUT2D eigenvalue weighted by Gasteiger charge is 2.46. The minimum absolute atomic E-state index is 0.150. The van der Waals surface area contributed by atoms with Gasteiger partial charge < -0.3 is 24.1 Å². The first kappa shape index (κ1) is 21.4. The lowest BCUT2D eigenvalue weighted by Crippen LogP contribution is -2.57. The van der Waals surface area contributed by atoms with Gasteiger partial charge in [0.1, 0.15) is 0 Å². The maximum atomic E-state index is 11.9. The Morgan fingerprint density at radius 3 is 1.76 bits per heavy atom. The van der Waals surface area contributed by atoms with E-state index in [0.29, 0.717) is 19.3 Å². The molecule has 1 saturated heterocycles. The van der Waals surface area contributed by atoms with Crippen LogP contribution in [0, 0.1) is 0 Å². The molecule has 1 N–H and O–H groups in total. The van der Waals surface area contributed by atoms with Gasteiger partial charge in [0, 0.05) is 19.3 Å². The predicted octanol–water partition coefficient (Wildman–Crippen LogP) is 1.47. The Balaban J connectivity index is 2.91. The summed E-state index contributed by atoms with van der Waals surface area (Å²) in [5.74, 6) is -1.54. The van der Waals surface area contributed by atoms with Crippen molar-refractivity contribution in [3.05, 3.63) is 0 Å². The van der Waals surface area contributed by atoms with E-state index in [1.54, 1.807) is 0 Å². The maximum Gasteiger partial charge on any atom is 0.306 e. The molecule has 0 aromatic rings. The van der Waals surface area contributed by atoms with Crippen molar-refractivity contribution in [2.45, 2.75) is 83.9 Å². The van der Waals surface area contributed by atoms with E-state index in [2.05, 4.69) is 0 Å². The second kappa shape index (κ2) is 11.0. The van der Waals surface area contributed by atoms with Gasteiger partial charge in [-0.1, -0.05) is 20.8 Å². The third-order valence-electron chi connectivity index (χ3n) is 3.58. The second-order valence-electron chi connectivity index (χ2n) is 5.91. The number of ether oxygens (including phenoxy) is 4. The monoisotopic (exact) mass is 360 g/mol. The summed E-state index contributed by atoms with van der Waals surface area (Å²) in [6.07, 6.45) is -2.48. The van der Waals surface area contributed by atoms with E-state index >= 15 is 0 Å². The highest BCUT2D eigenvalue weighted by Crippen LogP contribution is 2.24. The molecule has 144 valence electrons. The molecule has 0 radical (unpaired) electrons. The molecule has 1 unspecified atom stereocenters. The molecule has 8 heteroatoms. The van der Waals surface area contributed by atoms with Gasteiger partial charge in [-0.3, -0.25) is 14.4 Å². The van der Waals surface area contributed by atoms with Crippen LogP contribution in [0.15, 0.2) is 0 Å². The Morgan fingerprint density at radius 2 is 1.28 bits per heavy atom. The highest BCUT2D eigenvalue weighted by molar-refractivity contribution is 5.71. The van der Waals surface area contributed by atoms with Crippen molar-refractivity contribution in [2.24, 2.45) is 0 Å². The Labute approximate surface area is 147 Å². The molecule has 4 atom stereocenters. The first-order chi connectivity index (χ1) is 11.9. The molecule has 0 aromatic heterocycles. The molecular weight excluding hydrogens is 332 g/mol. The Bertz CT molecular complexity index is 450. The van der Waals surface area contributed by atoms with E-state index in [4.69, 9.17) is 18.9 Å². The van der Waals surface area contributed by atoms with Crippen LogP contribution in [0.2, 0.25) is 0 Å². The van der Waals surface area contributed by atoms with Gasteiger partial charge in [-0.25, -0.2) is 0 Å². The zero-order chi connectivity index (χ0) is 18.8. The second-order valence-corrected chi connectivity index (χ2v) is 5.91. The van der Waals surface area contributed by atoms with Crippen LogP contribution in [0.5, 0.6) is 0 Å². The van der Waals surface area contributed by atoms with Crippen LogP contribution < -0.4 is 0 Å². The summed E-state index contributed by atoms with van der Waals surface area (Å²) >= 11 is 0. The van der Waals surface area contributed by atoms with Crippen LogP contribution in [-0.4, -0.2) is 54.2 Å². The first-order valence-electron chi connectivity index (χ1n) is 8.80. The smallest absolute Gasteiger partial charge is 0.306 e. The fraction of sp³-hybridized carbons (Fsp3) is 0.824. The maximum absolute atomic E-state index is 11.9. The molecule has 0 bridgehead atoms. The number of hydrogen-bond acceptors (Lipinski definition) is 8. The lowest BCUT2D eigenvalue weighted by atomic mass is 10.0. The quantitative estimate of drug-likeness (QED) is 0.486. The molecule has 8 nitrogen and oxygen atoms in total. The van der Waals surface area contributed by atoms with Crippen LogP contribution >= 0.6 is 0 Å². The fourth-order valence-electron chi connectivity index (χ4n) is 2.39. The third kappa shape index (κ3) is 6.99. The SMILES string of the molecule is CCCC(=O)O[C@H]1[C@H](OC(=O)CCC)COC(O)[C@@H]1OC(=O)CCC. The number of aliphatic hydroxyl groups is 1. The van der Waals surface area contributed by atoms with Crippen molar-refractivity contribution in [3.63, 3.8) is 0 Å². The Hall–Kier alpha value is -1.67. The summed E-state index contributed by atoms with van der Waals surface area (Å²) in [7, 11) is 0. The number of esters is 3. The number of aliphatic hydroxyl groups excluding tert-OH is 1. The molecule has 1 rings (SSSR count). The van der Waals surface area contributed by atoms with Crippen LogP contribution in [0.1, 0.15) is 59.3 Å². The number of carbonyl (C=O) groups excluding carboxylic acids is 3. The highest BCUT2D eigenvalue weighted by atomic mass is 16.7. The van der Waals surface area contributed by atoms with E-state index in [9.17, 15) is 19.5 Å². The largest absolute Gasteiger partial charge is 0.456 e. The topological polar surface area (TPSA) is 108 Å². The lowest BCUT2D eigenvalue weighted by molar-refractivity contribution is -0.268. The van der Waals surface area contributed by atoms with Gasteiger partial charge in [0.05, 0.1) is 6.61 Å². The summed E-state index contributed by atoms with van der Waals surface area (Å²) in [6, 6.07) is 0. The summed E-state index contributed by atoms with van der Waals surface area (Å²) in [4.78, 5) is 35.5. The molecule has 1 fully saturated rings. The summed E-state index contributed by atoms with van der Waals surface area (Å²) in [5.41, 5.74) is 0. The van der Waals surface area contributed by atoms with Crippen molar-refractivity contribution in [1.29, 1.82) is 0 Å². The molecule has 1 aliphatic heterocycles. The minimum Gasteiger partial charge on any atom is -0.456 e. The van der Waals surface area contributed by atoms with Gasteiger partial charge in [0.15, 0.2) is 24.6 Å². The van der Waals surface area contributed by atoms with Crippen molar-refractivity contribution in [3.8, 4) is 0 Å². The molecule has 0 spiro atoms. The van der Waals surface area contributed by atoms with E-state index in [1.807, 2.05) is 20.8 Å². The van der Waals surface area contributed by atoms with E-state index < -0.39 is 42.5 Å². The summed E-state index contributed by atoms with van der Waals surface area (Å²) in [5, 5.41) is 10.0. The summed E-state index contributed by atoms with van der Waals surface area (Å²) in [6.45, 7) is 5.31. The van der Waals surface area contributed by atoms with Crippen LogP contribution in [0.3, 0.4) is 0 Å². The van der Waals surface area contributed by atoms with Crippen LogP contribution in [-0.2, 0) is 33.3 Å². The van der Waals surface area contributed by atoms with Crippen molar-refractivity contribution in [2.75, 3.05) is 6.61 Å². The zero-order valence-corrected chi connectivity index (χ0v) is 15.1. The number of rotatable bonds is 9. The van der Waals surface area contributed by atoms with Crippen molar-refractivity contribution < 1.29 is 38.4 Å². The molecule has 0 amide bonds. The predicted molar refractivity (Wildman–Crippen MR) is 86.3 cm³/mol. The standard InChI is InChI=1S/C17H28O8/c1-4-7-12(18)23-11-10-22-17(21)16(25-14(20)9-6-3)15(11)24-13(19)8-5-2/h11,15-17,21H,4-10H2,1-3H3/t11-,15+,16-,17?/m1/s1. The van der Waals surface area contributed by atoms with Gasteiger partial charge in [-0.15, -0.1) is 0 Å². The summed E-state index contributed by atoms with van der Waals surface area (Å²) < 4.78 is 21.0. The number of carbonyl (C=O) groups is 3. The van der Waals surface area contributed by atoms with Gasteiger partial charge in [0.25, 0.3) is 0 Å². The van der Waals surface area contributed by atoms with Crippen molar-refractivity contribution >= 4 is 17.9 Å². The van der Waals surface area contributed by atoms with E-state index in [-0.39, 0.29) is 25.9 Å². The Kier molecular flexibility index (Phi) is 9.44. The Morgan fingerprint density at radius 1 is 0.840 bits per heavy atom. The molecule has 0 aliphatic carbocycles. The van der Waals surface area contributed by atoms with Crippen LogP contribution in [0.4, 0.5) is 0 Å². The van der Waals surface area contributed by atoms with Gasteiger partial charge in [-0.05, 0) is 19.3 Å².